The van der Waals surface area contributed by atoms with Crippen LogP contribution in [0.4, 0.5) is 11.4 Å². The lowest BCUT2D eigenvalue weighted by atomic mass is 10.1. The van der Waals surface area contributed by atoms with Gasteiger partial charge in [-0.25, -0.2) is 0 Å². The molecule has 1 aliphatic rings. The van der Waals surface area contributed by atoms with E-state index < -0.39 is 5.92 Å². The Morgan fingerprint density at radius 2 is 2.00 bits per heavy atom. The van der Waals surface area contributed by atoms with Crippen LogP contribution in [-0.4, -0.2) is 25.0 Å². The van der Waals surface area contributed by atoms with E-state index >= 15 is 0 Å². The summed E-state index contributed by atoms with van der Waals surface area (Å²) in [5, 5.41) is 3.48. The Morgan fingerprint density at radius 3 is 2.69 bits per heavy atom. The molecule has 3 rings (SSSR count). The molecule has 136 valence electrons. The number of carbonyl (C=O) groups is 2. The number of nitrogens with one attached hydrogen (secondary N) is 1. The summed E-state index contributed by atoms with van der Waals surface area (Å²) in [6, 6.07) is 12.6. The van der Waals surface area contributed by atoms with Gasteiger partial charge in [-0.05, 0) is 55.8 Å². The average molecular weight is 373 g/mol. The van der Waals surface area contributed by atoms with Crippen LogP contribution in [0.25, 0.3) is 0 Å². The van der Waals surface area contributed by atoms with Crippen LogP contribution < -0.4 is 15.0 Å². The maximum atomic E-state index is 12.6. The second kappa shape index (κ2) is 7.79. The molecule has 2 amide bonds. The third kappa shape index (κ3) is 3.83. The fourth-order valence-corrected chi connectivity index (χ4v) is 3.22. The molecule has 0 saturated carbocycles. The molecule has 1 heterocycles. The van der Waals surface area contributed by atoms with Gasteiger partial charge in [0.1, 0.15) is 5.75 Å². The first kappa shape index (κ1) is 18.3. The predicted octanol–water partition coefficient (Wildman–Crippen LogP) is 4.04. The second-order valence-electron chi connectivity index (χ2n) is 6.24. The van der Waals surface area contributed by atoms with Gasteiger partial charge in [-0.2, -0.15) is 0 Å². The summed E-state index contributed by atoms with van der Waals surface area (Å²) >= 11 is 6.15. The summed E-state index contributed by atoms with van der Waals surface area (Å²) in [6.07, 6.45) is 0.189. The highest BCUT2D eigenvalue weighted by molar-refractivity contribution is 6.31. The van der Waals surface area contributed by atoms with Gasteiger partial charge in [0.2, 0.25) is 11.8 Å². The van der Waals surface area contributed by atoms with Gasteiger partial charge in [0.05, 0.1) is 12.5 Å². The maximum Gasteiger partial charge on any atom is 0.229 e. The SMILES string of the molecule is CCOc1ccc(NC(=O)[C@H]2CC(=O)N(c3cccc(Cl)c3C)C2)cc1. The number of nitrogens with zero attached hydrogens (tertiary/aromatic N) is 1. The summed E-state index contributed by atoms with van der Waals surface area (Å²) in [5.74, 6) is 0.128. The Kier molecular flexibility index (Phi) is 5.47. The Morgan fingerprint density at radius 1 is 1.27 bits per heavy atom. The Bertz CT molecular complexity index is 820. The Labute approximate surface area is 157 Å². The standard InChI is InChI=1S/C20H21ClN2O3/c1-3-26-16-9-7-15(8-10-16)22-20(25)14-11-19(24)23(12-14)18-6-4-5-17(21)13(18)2/h4-10,14H,3,11-12H2,1-2H3,(H,22,25)/t14-/m0/s1. The molecule has 2 aromatic rings. The minimum atomic E-state index is -0.396. The first-order valence-corrected chi connectivity index (χ1v) is 8.96. The third-order valence-corrected chi connectivity index (χ3v) is 4.87. The van der Waals surface area contributed by atoms with Crippen molar-refractivity contribution in [2.45, 2.75) is 20.3 Å². The molecule has 1 saturated heterocycles. The lowest BCUT2D eigenvalue weighted by molar-refractivity contribution is -0.122. The van der Waals surface area contributed by atoms with Gasteiger partial charge in [0.25, 0.3) is 0 Å². The quantitative estimate of drug-likeness (QED) is 0.861. The van der Waals surface area contributed by atoms with E-state index in [0.29, 0.717) is 23.9 Å². The summed E-state index contributed by atoms with van der Waals surface area (Å²) < 4.78 is 5.39. The minimum Gasteiger partial charge on any atom is -0.494 e. The second-order valence-corrected chi connectivity index (χ2v) is 6.64. The van der Waals surface area contributed by atoms with Crippen molar-refractivity contribution in [2.75, 3.05) is 23.4 Å². The van der Waals surface area contributed by atoms with Crippen molar-refractivity contribution in [3.8, 4) is 5.75 Å². The zero-order valence-electron chi connectivity index (χ0n) is 14.8. The van der Waals surface area contributed by atoms with Gasteiger partial charge in [-0.15, -0.1) is 0 Å². The lowest BCUT2D eigenvalue weighted by Gasteiger charge is -2.19. The molecule has 5 nitrogen and oxygen atoms in total. The third-order valence-electron chi connectivity index (χ3n) is 4.46. The number of ether oxygens (including phenoxy) is 1. The largest absolute Gasteiger partial charge is 0.494 e. The zero-order valence-corrected chi connectivity index (χ0v) is 15.5. The number of benzene rings is 2. The average Bonchev–Trinajstić information content (AvgIpc) is 3.01. The Balaban J connectivity index is 1.68. The number of hydrogen-bond acceptors (Lipinski definition) is 3. The van der Waals surface area contributed by atoms with Crippen molar-refractivity contribution in [3.63, 3.8) is 0 Å². The molecular weight excluding hydrogens is 352 g/mol. The topological polar surface area (TPSA) is 58.6 Å². The number of carbonyl (C=O) groups excluding carboxylic acids is 2. The van der Waals surface area contributed by atoms with E-state index in [-0.39, 0.29) is 18.2 Å². The Hall–Kier alpha value is -2.53. The van der Waals surface area contributed by atoms with Gasteiger partial charge in [-0.1, -0.05) is 17.7 Å². The molecule has 1 aliphatic heterocycles. The minimum absolute atomic E-state index is 0.0674. The van der Waals surface area contributed by atoms with Gasteiger partial charge >= 0.3 is 0 Å². The van der Waals surface area contributed by atoms with Crippen LogP contribution >= 0.6 is 11.6 Å². The monoisotopic (exact) mass is 372 g/mol. The van der Waals surface area contributed by atoms with Crippen molar-refractivity contribution in [1.82, 2.24) is 0 Å². The van der Waals surface area contributed by atoms with Gasteiger partial charge in [0.15, 0.2) is 0 Å². The highest BCUT2D eigenvalue weighted by Gasteiger charge is 2.35. The number of amides is 2. The zero-order chi connectivity index (χ0) is 18.7. The highest BCUT2D eigenvalue weighted by Crippen LogP contribution is 2.31. The van der Waals surface area contributed by atoms with E-state index in [1.165, 1.54) is 0 Å². The number of anilines is 2. The molecule has 26 heavy (non-hydrogen) atoms. The van der Waals surface area contributed by atoms with Crippen molar-refractivity contribution in [2.24, 2.45) is 5.92 Å². The molecular formula is C20H21ClN2O3. The van der Waals surface area contributed by atoms with E-state index in [1.807, 2.05) is 26.0 Å². The summed E-state index contributed by atoms with van der Waals surface area (Å²) in [4.78, 5) is 26.6. The van der Waals surface area contributed by atoms with Gasteiger partial charge in [-0.3, -0.25) is 9.59 Å². The van der Waals surface area contributed by atoms with Crippen LogP contribution in [0.1, 0.15) is 18.9 Å². The van der Waals surface area contributed by atoms with Crippen LogP contribution in [0.2, 0.25) is 5.02 Å². The van der Waals surface area contributed by atoms with Crippen molar-refractivity contribution >= 4 is 34.8 Å². The molecule has 0 spiro atoms. The molecule has 1 N–H and O–H groups in total. The van der Waals surface area contributed by atoms with Gasteiger partial charge in [0, 0.05) is 29.4 Å². The van der Waals surface area contributed by atoms with E-state index in [4.69, 9.17) is 16.3 Å². The van der Waals surface area contributed by atoms with E-state index in [1.54, 1.807) is 35.2 Å². The molecule has 0 aromatic heterocycles. The van der Waals surface area contributed by atoms with E-state index in [9.17, 15) is 9.59 Å². The number of halogens is 1. The first-order valence-electron chi connectivity index (χ1n) is 8.58. The van der Waals surface area contributed by atoms with Gasteiger partial charge < -0.3 is 15.0 Å². The molecule has 1 atom stereocenters. The summed E-state index contributed by atoms with van der Waals surface area (Å²) in [7, 11) is 0. The molecule has 2 aromatic carbocycles. The number of hydrogen-bond donors (Lipinski definition) is 1. The fraction of sp³-hybridized carbons (Fsp3) is 0.300. The summed E-state index contributed by atoms with van der Waals surface area (Å²) in [5.41, 5.74) is 2.29. The van der Waals surface area contributed by atoms with Crippen LogP contribution in [0, 0.1) is 12.8 Å². The van der Waals surface area contributed by atoms with Crippen LogP contribution in [0.3, 0.4) is 0 Å². The van der Waals surface area contributed by atoms with Crippen LogP contribution in [0.5, 0.6) is 5.75 Å². The summed E-state index contributed by atoms with van der Waals surface area (Å²) in [6.45, 7) is 4.73. The van der Waals surface area contributed by atoms with Crippen LogP contribution in [-0.2, 0) is 9.59 Å². The fourth-order valence-electron chi connectivity index (χ4n) is 3.05. The molecule has 0 bridgehead atoms. The smallest absolute Gasteiger partial charge is 0.229 e. The maximum absolute atomic E-state index is 12.6. The van der Waals surface area contributed by atoms with E-state index in [2.05, 4.69) is 5.32 Å². The molecule has 1 fully saturated rings. The molecule has 0 radical (unpaired) electrons. The number of rotatable bonds is 5. The molecule has 0 unspecified atom stereocenters. The lowest BCUT2D eigenvalue weighted by Crippen LogP contribution is -2.28. The van der Waals surface area contributed by atoms with Crippen molar-refractivity contribution < 1.29 is 14.3 Å². The molecule has 6 heteroatoms. The molecule has 0 aliphatic carbocycles. The van der Waals surface area contributed by atoms with E-state index in [0.717, 1.165) is 17.0 Å². The highest BCUT2D eigenvalue weighted by atomic mass is 35.5. The van der Waals surface area contributed by atoms with Crippen molar-refractivity contribution in [1.29, 1.82) is 0 Å². The van der Waals surface area contributed by atoms with Crippen molar-refractivity contribution in [3.05, 3.63) is 53.1 Å². The normalized spacial score (nSPS) is 16.7. The van der Waals surface area contributed by atoms with Crippen LogP contribution in [0.15, 0.2) is 42.5 Å². The first-order chi connectivity index (χ1) is 12.5. The predicted molar refractivity (Wildman–Crippen MR) is 103 cm³/mol.